The second-order valence-corrected chi connectivity index (χ2v) is 14.9. The van der Waals surface area contributed by atoms with Gasteiger partial charge in [0.2, 0.25) is 0 Å². The van der Waals surface area contributed by atoms with Crippen molar-refractivity contribution in [2.45, 2.75) is 69.9 Å². The van der Waals surface area contributed by atoms with E-state index in [1.807, 2.05) is 0 Å². The van der Waals surface area contributed by atoms with E-state index in [2.05, 4.69) is 15.3 Å². The zero-order valence-corrected chi connectivity index (χ0v) is 27.0. The second-order valence-electron chi connectivity index (χ2n) is 12.1. The Morgan fingerprint density at radius 2 is 1.85 bits per heavy atom. The molecule has 5 rings (SSSR count). The fourth-order valence-corrected chi connectivity index (χ4v) is 8.20. The van der Waals surface area contributed by atoms with Crippen LogP contribution < -0.4 is 10.9 Å². The van der Waals surface area contributed by atoms with Crippen LogP contribution in [0.2, 0.25) is 0 Å². The Morgan fingerprint density at radius 3 is 2.50 bits per heavy atom. The summed E-state index contributed by atoms with van der Waals surface area (Å²) >= 11 is 5.89. The smallest absolute Gasteiger partial charge is 0.407 e. The number of anilines is 1. The van der Waals surface area contributed by atoms with Gasteiger partial charge in [-0.3, -0.25) is 18.5 Å². The number of rotatable bonds is 10. The van der Waals surface area contributed by atoms with Crippen molar-refractivity contribution in [2.75, 3.05) is 35.8 Å². The summed E-state index contributed by atoms with van der Waals surface area (Å²) in [7, 11) is -2.67. The molecule has 2 aromatic heterocycles. The molecule has 2 fully saturated rings. The number of piperidine rings is 1. The Morgan fingerprint density at radius 1 is 1.15 bits per heavy atom. The summed E-state index contributed by atoms with van der Waals surface area (Å²) in [5.41, 5.74) is -0.0980. The highest BCUT2D eigenvalue weighted by molar-refractivity contribution is 8.24. The lowest BCUT2D eigenvalue weighted by Crippen LogP contribution is -2.42. The fourth-order valence-electron chi connectivity index (χ4n) is 6.48. The number of pyridine rings is 1. The van der Waals surface area contributed by atoms with Gasteiger partial charge >= 0.3 is 6.09 Å². The van der Waals surface area contributed by atoms with Gasteiger partial charge in [-0.2, -0.15) is 10.6 Å². The van der Waals surface area contributed by atoms with Crippen LogP contribution in [0.3, 0.4) is 0 Å². The van der Waals surface area contributed by atoms with E-state index in [1.54, 1.807) is 17.6 Å². The Hall–Kier alpha value is -3.07. The molecule has 0 radical (unpaired) electrons. The van der Waals surface area contributed by atoms with Crippen LogP contribution in [0.25, 0.3) is 11.0 Å². The van der Waals surface area contributed by atoms with Crippen LogP contribution in [-0.4, -0.2) is 70.2 Å². The maximum absolute atomic E-state index is 15.9. The number of carboxylic acid groups (broad SMARTS) is 1. The molecule has 2 aliphatic heterocycles. The van der Waals surface area contributed by atoms with Crippen molar-refractivity contribution >= 4 is 45.1 Å². The van der Waals surface area contributed by atoms with E-state index in [1.165, 1.54) is 18.5 Å². The number of carbonyl (C=O) groups is 1. The molecule has 4 N–H and O–H groups in total. The van der Waals surface area contributed by atoms with Gasteiger partial charge in [0, 0.05) is 54.1 Å². The van der Waals surface area contributed by atoms with E-state index in [0.717, 1.165) is 11.0 Å². The average molecular weight is 686 g/mol. The number of benzene rings is 1. The minimum atomic E-state index is -3.51. The number of aromatic nitrogens is 3. The van der Waals surface area contributed by atoms with Gasteiger partial charge in [-0.1, -0.05) is 18.2 Å². The first kappa shape index (κ1) is 34.3. The molecule has 1 amide bonds. The number of nitrogens with zero attached hydrogens (tertiary/aromatic N) is 4. The molecule has 0 saturated carbocycles. The summed E-state index contributed by atoms with van der Waals surface area (Å²) in [6.07, 6.45) is 2.11. The molecule has 10 nitrogen and oxygen atoms in total. The van der Waals surface area contributed by atoms with Gasteiger partial charge in [-0.25, -0.2) is 27.9 Å². The summed E-state index contributed by atoms with van der Waals surface area (Å²) < 4.78 is 69.1. The first-order valence-electron chi connectivity index (χ1n) is 15.4. The van der Waals surface area contributed by atoms with Crippen molar-refractivity contribution < 1.29 is 32.2 Å². The maximum Gasteiger partial charge on any atom is 0.407 e. The monoisotopic (exact) mass is 685 g/mol. The van der Waals surface area contributed by atoms with Crippen LogP contribution in [-0.2, 0) is 12.5 Å². The van der Waals surface area contributed by atoms with E-state index in [9.17, 15) is 23.8 Å². The number of halogens is 4. The van der Waals surface area contributed by atoms with E-state index in [4.69, 9.17) is 11.6 Å². The van der Waals surface area contributed by atoms with Crippen LogP contribution in [0.1, 0.15) is 74.1 Å². The van der Waals surface area contributed by atoms with Crippen LogP contribution in [0.15, 0.2) is 35.4 Å². The van der Waals surface area contributed by atoms with Crippen molar-refractivity contribution in [1.29, 1.82) is 0 Å². The van der Waals surface area contributed by atoms with Crippen molar-refractivity contribution in [3.8, 4) is 0 Å². The molecule has 15 heteroatoms. The van der Waals surface area contributed by atoms with Gasteiger partial charge in [0.25, 0.3) is 11.5 Å². The number of hydrogen-bond donors (Lipinski definition) is 4. The maximum atomic E-state index is 15.9. The molecule has 3 aromatic rings. The molecule has 1 unspecified atom stereocenters. The molecule has 0 aliphatic carbocycles. The number of nitrogens with one attached hydrogen (secondary N) is 1. The number of unbranched alkanes of at least 4 members (excludes halogenated alkanes) is 1. The lowest BCUT2D eigenvalue weighted by atomic mass is 9.85. The summed E-state index contributed by atoms with van der Waals surface area (Å²) in [5.74, 6) is -4.85. The third kappa shape index (κ3) is 7.09. The number of aryl methyl sites for hydroxylation is 1. The minimum absolute atomic E-state index is 0.0000498. The molecular formula is C31H39ClF3N5O5S. The Labute approximate surface area is 271 Å². The first-order chi connectivity index (χ1) is 21.8. The zero-order chi connectivity index (χ0) is 33.2. The summed E-state index contributed by atoms with van der Waals surface area (Å²) in [6.45, 7) is 1.89. The number of hydrogen-bond acceptors (Lipinski definition) is 7. The van der Waals surface area contributed by atoms with Gasteiger partial charge < -0.3 is 15.3 Å². The van der Waals surface area contributed by atoms with Gasteiger partial charge in [0.1, 0.15) is 23.6 Å². The Bertz CT molecular complexity index is 1630. The average Bonchev–Trinajstić information content (AvgIpc) is 3.02. The predicted molar refractivity (Wildman–Crippen MR) is 173 cm³/mol. The highest BCUT2D eigenvalue weighted by Crippen LogP contribution is 2.48. The Kier molecular flexibility index (Phi) is 10.4. The quantitative estimate of drug-likeness (QED) is 0.129. The van der Waals surface area contributed by atoms with Crippen molar-refractivity contribution in [2.24, 2.45) is 5.92 Å². The number of likely N-dealkylation sites (tertiary alicyclic amines) is 1. The fraction of sp³-hybridized carbons (Fsp3) is 0.548. The molecule has 1 atom stereocenters. The Balaban J connectivity index is 1.47. The van der Waals surface area contributed by atoms with E-state index in [0.29, 0.717) is 60.5 Å². The van der Waals surface area contributed by atoms with Crippen LogP contribution in [0.4, 0.5) is 23.8 Å². The highest BCUT2D eigenvalue weighted by atomic mass is 35.5. The van der Waals surface area contributed by atoms with Crippen molar-refractivity contribution in [3.05, 3.63) is 63.5 Å². The third-order valence-corrected chi connectivity index (χ3v) is 11.2. The van der Waals surface area contributed by atoms with Crippen molar-refractivity contribution in [3.63, 3.8) is 0 Å². The molecule has 2 saturated heterocycles. The molecule has 1 aromatic carbocycles. The standard InChI is InChI=1S/C31H39ClF3N5O5S/c1-19(22-5-4-6-25(26(22)33)31(34,35)21-7-13-39(14-8-21)30(42)43)38-27-24-17-23(20-9-15-46(44,45)16-10-20)29(41)40(12-3-2-11-32)28(24)37-18-36-27/h4-6,17-21,44-45H,2-3,7-16H2,1H3,(H,42,43)(H,36,37,38). The summed E-state index contributed by atoms with van der Waals surface area (Å²) in [5, 5.41) is 12.8. The van der Waals surface area contributed by atoms with E-state index < -0.39 is 45.9 Å². The van der Waals surface area contributed by atoms with Crippen LogP contribution in [0.5, 0.6) is 0 Å². The first-order valence-corrected chi connectivity index (χ1v) is 17.8. The molecular weight excluding hydrogens is 647 g/mol. The van der Waals surface area contributed by atoms with Gasteiger partial charge in [-0.05, 0) is 57.4 Å². The number of amides is 1. The van der Waals surface area contributed by atoms with E-state index in [-0.39, 0.29) is 54.5 Å². The number of fused-ring (bicyclic) bond motifs is 1. The summed E-state index contributed by atoms with van der Waals surface area (Å²) in [6, 6.07) is 4.77. The van der Waals surface area contributed by atoms with Crippen LogP contribution in [0, 0.1) is 11.7 Å². The van der Waals surface area contributed by atoms with E-state index >= 15 is 13.2 Å². The lowest BCUT2D eigenvalue weighted by Gasteiger charge is -2.39. The molecule has 2 aliphatic rings. The largest absolute Gasteiger partial charge is 0.465 e. The topological polar surface area (TPSA) is 141 Å². The molecule has 0 bridgehead atoms. The zero-order valence-electron chi connectivity index (χ0n) is 25.5. The second kappa shape index (κ2) is 14.0. The van der Waals surface area contributed by atoms with Crippen LogP contribution >= 0.6 is 22.2 Å². The predicted octanol–water partition coefficient (Wildman–Crippen LogP) is 7.23. The minimum Gasteiger partial charge on any atom is -0.465 e. The molecule has 46 heavy (non-hydrogen) atoms. The summed E-state index contributed by atoms with van der Waals surface area (Å²) in [4.78, 5) is 34.8. The highest BCUT2D eigenvalue weighted by Gasteiger charge is 2.45. The lowest BCUT2D eigenvalue weighted by molar-refractivity contribution is -0.0861. The molecule has 252 valence electrons. The normalized spacial score (nSPS) is 19.2. The SMILES string of the molecule is CC(Nc1ncnc2c1cc(C1CCS(O)(O)CC1)c(=O)n2CCCCCl)c1cccc(C(F)(F)C2CCN(C(=O)O)CC2)c1F. The van der Waals surface area contributed by atoms with Crippen molar-refractivity contribution in [1.82, 2.24) is 19.4 Å². The number of alkyl halides is 3. The molecule has 4 heterocycles. The molecule has 0 spiro atoms. The van der Waals surface area contributed by atoms with Gasteiger partial charge in [-0.15, -0.1) is 11.6 Å². The third-order valence-electron chi connectivity index (χ3n) is 9.19. The van der Waals surface area contributed by atoms with Gasteiger partial charge in [0.05, 0.1) is 17.0 Å². The van der Waals surface area contributed by atoms with Gasteiger partial charge in [0.15, 0.2) is 0 Å².